The first kappa shape index (κ1) is 15.9. The quantitative estimate of drug-likeness (QED) is 0.847. The Kier molecular flexibility index (Phi) is 4.24. The molecule has 1 saturated heterocycles. The van der Waals surface area contributed by atoms with Gasteiger partial charge in [-0.15, -0.1) is 0 Å². The van der Waals surface area contributed by atoms with E-state index in [1.165, 1.54) is 16.4 Å². The average Bonchev–Trinajstić information content (AvgIpc) is 2.76. The van der Waals surface area contributed by atoms with Gasteiger partial charge in [0.1, 0.15) is 5.82 Å². The molecule has 22 heavy (non-hydrogen) atoms. The van der Waals surface area contributed by atoms with E-state index in [0.29, 0.717) is 18.6 Å². The van der Waals surface area contributed by atoms with Gasteiger partial charge in [0.25, 0.3) is 0 Å². The molecule has 0 unspecified atom stereocenters. The van der Waals surface area contributed by atoms with E-state index in [1.54, 1.807) is 14.0 Å². The molecule has 0 N–H and O–H groups in total. The first-order chi connectivity index (χ1) is 10.4. The van der Waals surface area contributed by atoms with Crippen molar-refractivity contribution in [1.29, 1.82) is 0 Å². The first-order valence-corrected chi connectivity index (χ1v) is 8.81. The van der Waals surface area contributed by atoms with Crippen molar-refractivity contribution >= 4 is 10.0 Å². The number of benzene rings is 1. The fraction of sp³-hybridized carbons (Fsp3) is 0.600. The van der Waals surface area contributed by atoms with Crippen molar-refractivity contribution in [2.75, 3.05) is 20.3 Å². The van der Waals surface area contributed by atoms with Crippen LogP contribution in [0.15, 0.2) is 23.1 Å². The van der Waals surface area contributed by atoms with Gasteiger partial charge in [0, 0.05) is 13.7 Å². The Morgan fingerprint density at radius 1 is 1.36 bits per heavy atom. The van der Waals surface area contributed by atoms with Crippen molar-refractivity contribution in [3.63, 3.8) is 0 Å². The maximum atomic E-state index is 13.8. The van der Waals surface area contributed by atoms with Crippen LogP contribution in [-0.4, -0.2) is 51.2 Å². The van der Waals surface area contributed by atoms with Crippen molar-refractivity contribution in [2.24, 2.45) is 0 Å². The number of hydrogen-bond acceptors (Lipinski definition) is 4. The molecule has 0 spiro atoms. The molecule has 1 aromatic rings. The molecule has 7 heteroatoms. The molecule has 0 aromatic heterocycles. The molecule has 1 aromatic carbocycles. The lowest BCUT2D eigenvalue weighted by atomic mass is 10.2. The molecule has 1 aliphatic carbocycles. The number of fused-ring (bicyclic) bond motifs is 2. The second-order valence-electron chi connectivity index (χ2n) is 5.78. The second-order valence-corrected chi connectivity index (χ2v) is 7.67. The Labute approximate surface area is 130 Å². The van der Waals surface area contributed by atoms with E-state index in [0.717, 1.165) is 12.5 Å². The third-order valence-corrected chi connectivity index (χ3v) is 6.45. The van der Waals surface area contributed by atoms with Crippen molar-refractivity contribution < 1.29 is 22.3 Å². The van der Waals surface area contributed by atoms with E-state index in [2.05, 4.69) is 0 Å². The highest BCUT2D eigenvalue weighted by Crippen LogP contribution is 2.34. The number of aryl methyl sites for hydroxylation is 1. The maximum absolute atomic E-state index is 13.8. The summed E-state index contributed by atoms with van der Waals surface area (Å²) in [5, 5.41) is 0. The molecule has 2 aliphatic rings. The minimum absolute atomic E-state index is 0.0178. The van der Waals surface area contributed by atoms with Crippen LogP contribution in [0.3, 0.4) is 0 Å². The van der Waals surface area contributed by atoms with Crippen molar-refractivity contribution in [1.82, 2.24) is 4.31 Å². The van der Waals surface area contributed by atoms with Gasteiger partial charge in [-0.25, -0.2) is 12.8 Å². The van der Waals surface area contributed by atoms with Crippen LogP contribution < -0.4 is 0 Å². The van der Waals surface area contributed by atoms with Crippen molar-refractivity contribution in [2.45, 2.75) is 42.9 Å². The Hall–Kier alpha value is -1.02. The second kappa shape index (κ2) is 5.88. The highest BCUT2D eigenvalue weighted by atomic mass is 32.2. The summed E-state index contributed by atoms with van der Waals surface area (Å²) in [5.41, 5.74) is 0.425. The summed E-state index contributed by atoms with van der Waals surface area (Å²) >= 11 is 0. The van der Waals surface area contributed by atoms with Crippen LogP contribution in [0.4, 0.5) is 4.39 Å². The standard InChI is InChI=1S/C15H20FNO4S/c1-10-3-4-11(9-12(10)16)22(18,19)17-7-8-21-14-6-5-13(17)15(14)20-2/h3-4,9,13-15H,5-8H2,1-2H3/t13-,14-,15-/m1/s1. The van der Waals surface area contributed by atoms with Gasteiger partial charge < -0.3 is 9.47 Å². The molecular weight excluding hydrogens is 309 g/mol. The minimum Gasteiger partial charge on any atom is -0.377 e. The van der Waals surface area contributed by atoms with E-state index in [-0.39, 0.29) is 29.7 Å². The van der Waals surface area contributed by atoms with Gasteiger partial charge in [0.2, 0.25) is 10.0 Å². The zero-order valence-corrected chi connectivity index (χ0v) is 13.5. The molecule has 2 bridgehead atoms. The minimum atomic E-state index is -3.77. The fourth-order valence-corrected chi connectivity index (χ4v) is 4.99. The van der Waals surface area contributed by atoms with Gasteiger partial charge in [-0.2, -0.15) is 4.31 Å². The summed E-state index contributed by atoms with van der Waals surface area (Å²) in [7, 11) is -2.20. The van der Waals surface area contributed by atoms with Crippen LogP contribution >= 0.6 is 0 Å². The zero-order valence-electron chi connectivity index (χ0n) is 12.7. The SMILES string of the molecule is CO[C@@H]1[C@H]2CC[C@H]1OCCN2S(=O)(=O)c1ccc(C)c(F)c1. The van der Waals surface area contributed by atoms with Gasteiger partial charge in [0.05, 0.1) is 29.8 Å². The third kappa shape index (κ3) is 2.56. The highest BCUT2D eigenvalue weighted by molar-refractivity contribution is 7.89. The Bertz CT molecular complexity index is 664. The lowest BCUT2D eigenvalue weighted by Crippen LogP contribution is -2.46. The summed E-state index contributed by atoms with van der Waals surface area (Å²) in [4.78, 5) is -0.0178. The predicted molar refractivity (Wildman–Crippen MR) is 78.6 cm³/mol. The molecular formula is C15H20FNO4S. The van der Waals surface area contributed by atoms with Crippen LogP contribution in [0.2, 0.25) is 0 Å². The number of methoxy groups -OCH3 is 1. The van der Waals surface area contributed by atoms with Gasteiger partial charge in [-0.3, -0.25) is 0 Å². The van der Waals surface area contributed by atoms with Crippen molar-refractivity contribution in [3.05, 3.63) is 29.6 Å². The van der Waals surface area contributed by atoms with E-state index in [9.17, 15) is 12.8 Å². The molecule has 1 saturated carbocycles. The first-order valence-electron chi connectivity index (χ1n) is 7.37. The van der Waals surface area contributed by atoms with E-state index < -0.39 is 15.8 Å². The lowest BCUT2D eigenvalue weighted by molar-refractivity contribution is -0.0304. The van der Waals surface area contributed by atoms with Crippen LogP contribution in [-0.2, 0) is 19.5 Å². The van der Waals surface area contributed by atoms with Crippen LogP contribution in [0.25, 0.3) is 0 Å². The van der Waals surface area contributed by atoms with Gasteiger partial charge in [-0.1, -0.05) is 6.07 Å². The molecule has 0 amide bonds. The van der Waals surface area contributed by atoms with E-state index >= 15 is 0 Å². The molecule has 122 valence electrons. The molecule has 0 radical (unpaired) electrons. The number of rotatable bonds is 3. The fourth-order valence-electron chi connectivity index (χ4n) is 3.33. The van der Waals surface area contributed by atoms with Crippen LogP contribution in [0.1, 0.15) is 18.4 Å². The molecule has 3 rings (SSSR count). The Balaban J connectivity index is 1.98. The summed E-state index contributed by atoms with van der Waals surface area (Å²) in [6.07, 6.45) is 1.13. The zero-order chi connectivity index (χ0) is 15.9. The monoisotopic (exact) mass is 329 g/mol. The number of ether oxygens (including phenoxy) is 2. The number of nitrogens with zero attached hydrogens (tertiary/aromatic N) is 1. The number of sulfonamides is 1. The number of halogens is 1. The Morgan fingerprint density at radius 2 is 2.14 bits per heavy atom. The summed E-state index contributed by atoms with van der Waals surface area (Å²) < 4.78 is 52.1. The largest absolute Gasteiger partial charge is 0.377 e. The highest BCUT2D eigenvalue weighted by Gasteiger charge is 2.46. The maximum Gasteiger partial charge on any atom is 0.243 e. The van der Waals surface area contributed by atoms with Crippen LogP contribution in [0.5, 0.6) is 0 Å². The van der Waals surface area contributed by atoms with Gasteiger partial charge in [-0.05, 0) is 37.5 Å². The van der Waals surface area contributed by atoms with Gasteiger partial charge in [0.15, 0.2) is 0 Å². The van der Waals surface area contributed by atoms with Crippen LogP contribution in [0, 0.1) is 12.7 Å². The molecule has 3 atom stereocenters. The molecule has 2 fully saturated rings. The summed E-state index contributed by atoms with van der Waals surface area (Å²) in [6.45, 7) is 2.20. The van der Waals surface area contributed by atoms with E-state index in [1.807, 2.05) is 0 Å². The summed E-state index contributed by atoms with van der Waals surface area (Å²) in [5.74, 6) is -0.514. The lowest BCUT2D eigenvalue weighted by Gasteiger charge is -2.29. The van der Waals surface area contributed by atoms with Gasteiger partial charge >= 0.3 is 0 Å². The summed E-state index contributed by atoms with van der Waals surface area (Å²) in [6, 6.07) is 3.77. The predicted octanol–water partition coefficient (Wildman–Crippen LogP) is 1.70. The van der Waals surface area contributed by atoms with Crippen molar-refractivity contribution in [3.8, 4) is 0 Å². The van der Waals surface area contributed by atoms with E-state index in [4.69, 9.17) is 9.47 Å². The average molecular weight is 329 g/mol. The molecule has 5 nitrogen and oxygen atoms in total. The molecule has 1 aliphatic heterocycles. The number of hydrogen-bond donors (Lipinski definition) is 0. The Morgan fingerprint density at radius 3 is 2.82 bits per heavy atom. The molecule has 1 heterocycles. The topological polar surface area (TPSA) is 55.8 Å². The normalized spacial score (nSPS) is 29.5. The smallest absolute Gasteiger partial charge is 0.243 e. The third-order valence-electron chi connectivity index (χ3n) is 4.53.